The van der Waals surface area contributed by atoms with Gasteiger partial charge in [-0.1, -0.05) is 25.1 Å². The van der Waals surface area contributed by atoms with Crippen molar-refractivity contribution >= 4 is 11.9 Å². The summed E-state index contributed by atoms with van der Waals surface area (Å²) in [6.45, 7) is 2.42. The molecule has 5 nitrogen and oxygen atoms in total. The number of carbonyl (C=O) groups excluding carboxylic acids is 2. The Labute approximate surface area is 155 Å². The summed E-state index contributed by atoms with van der Waals surface area (Å²) in [7, 11) is 2.35. The highest BCUT2D eigenvalue weighted by atomic mass is 19.4. The van der Waals surface area contributed by atoms with Crippen molar-refractivity contribution in [2.45, 2.75) is 25.4 Å². The van der Waals surface area contributed by atoms with Gasteiger partial charge in [-0.2, -0.15) is 13.2 Å². The number of nitrogens with zero attached hydrogens (tertiary/aromatic N) is 1. The minimum Gasteiger partial charge on any atom is -0.466 e. The van der Waals surface area contributed by atoms with Gasteiger partial charge in [-0.05, 0) is 18.1 Å². The van der Waals surface area contributed by atoms with Crippen molar-refractivity contribution in [1.82, 2.24) is 4.90 Å². The van der Waals surface area contributed by atoms with E-state index in [2.05, 4.69) is 0 Å². The van der Waals surface area contributed by atoms with Crippen LogP contribution >= 0.6 is 0 Å². The highest BCUT2D eigenvalue weighted by Gasteiger charge is 2.37. The van der Waals surface area contributed by atoms with Crippen molar-refractivity contribution in [3.05, 3.63) is 58.9 Å². The van der Waals surface area contributed by atoms with Crippen molar-refractivity contribution in [3.63, 3.8) is 0 Å². The fourth-order valence-electron chi connectivity index (χ4n) is 2.93. The van der Waals surface area contributed by atoms with Gasteiger partial charge in [0, 0.05) is 18.9 Å². The van der Waals surface area contributed by atoms with Crippen molar-refractivity contribution < 1.29 is 32.2 Å². The molecule has 0 atom stereocenters. The Morgan fingerprint density at radius 3 is 2.07 bits per heavy atom. The molecule has 1 aliphatic rings. The Morgan fingerprint density at radius 1 is 1.07 bits per heavy atom. The standard InChI is InChI=1S/C19H20F3NO4/c1-4-8-23-10-14(17(24)26-2)16(15(11-23)18(25)27-3)12-6-5-7-13(9-12)19(20,21)22/h5-7,9-11,16H,4,8H2,1-3H3. The van der Waals surface area contributed by atoms with Crippen LogP contribution in [-0.2, 0) is 25.2 Å². The van der Waals surface area contributed by atoms with Gasteiger partial charge in [0.15, 0.2) is 0 Å². The normalized spacial score (nSPS) is 15.1. The van der Waals surface area contributed by atoms with Crippen molar-refractivity contribution in [2.75, 3.05) is 20.8 Å². The van der Waals surface area contributed by atoms with Crippen LogP contribution in [0.5, 0.6) is 0 Å². The summed E-state index contributed by atoms with van der Waals surface area (Å²) < 4.78 is 48.9. The van der Waals surface area contributed by atoms with Gasteiger partial charge in [-0.3, -0.25) is 0 Å². The van der Waals surface area contributed by atoms with Gasteiger partial charge in [0.2, 0.25) is 0 Å². The van der Waals surface area contributed by atoms with Gasteiger partial charge in [0.1, 0.15) is 0 Å². The third-order valence-corrected chi connectivity index (χ3v) is 4.10. The molecule has 1 aromatic carbocycles. The number of benzene rings is 1. The van der Waals surface area contributed by atoms with Crippen LogP contribution in [0.4, 0.5) is 13.2 Å². The topological polar surface area (TPSA) is 55.8 Å². The van der Waals surface area contributed by atoms with E-state index in [-0.39, 0.29) is 16.7 Å². The van der Waals surface area contributed by atoms with Gasteiger partial charge in [0.05, 0.1) is 36.8 Å². The summed E-state index contributed by atoms with van der Waals surface area (Å²) in [5.74, 6) is -2.48. The summed E-state index contributed by atoms with van der Waals surface area (Å²) in [4.78, 5) is 26.3. The lowest BCUT2D eigenvalue weighted by Crippen LogP contribution is -2.29. The Kier molecular flexibility index (Phi) is 6.30. The molecule has 0 amide bonds. The van der Waals surface area contributed by atoms with E-state index in [1.54, 1.807) is 4.90 Å². The van der Waals surface area contributed by atoms with Crippen LogP contribution in [-0.4, -0.2) is 37.6 Å². The Morgan fingerprint density at radius 2 is 1.63 bits per heavy atom. The third-order valence-electron chi connectivity index (χ3n) is 4.10. The molecule has 0 spiro atoms. The molecular weight excluding hydrogens is 363 g/mol. The number of carbonyl (C=O) groups is 2. The first kappa shape index (κ1) is 20.5. The molecule has 0 fully saturated rings. The summed E-state index contributed by atoms with van der Waals surface area (Å²) in [6.07, 6.45) is -0.841. The van der Waals surface area contributed by atoms with E-state index in [9.17, 15) is 22.8 Å². The number of hydrogen-bond acceptors (Lipinski definition) is 5. The number of methoxy groups -OCH3 is 2. The number of hydrogen-bond donors (Lipinski definition) is 0. The number of ether oxygens (including phenoxy) is 2. The van der Waals surface area contributed by atoms with Crippen molar-refractivity contribution in [3.8, 4) is 0 Å². The second kappa shape index (κ2) is 8.28. The lowest BCUT2D eigenvalue weighted by atomic mass is 9.82. The average Bonchev–Trinajstić information content (AvgIpc) is 2.65. The molecule has 0 radical (unpaired) electrons. The first-order chi connectivity index (χ1) is 12.7. The van der Waals surface area contributed by atoms with Crippen LogP contribution in [0.2, 0.25) is 0 Å². The third kappa shape index (κ3) is 4.50. The first-order valence-corrected chi connectivity index (χ1v) is 8.25. The van der Waals surface area contributed by atoms with Crippen molar-refractivity contribution in [2.24, 2.45) is 0 Å². The van der Waals surface area contributed by atoms with Crippen molar-refractivity contribution in [1.29, 1.82) is 0 Å². The SMILES string of the molecule is CCCN1C=C(C(=O)OC)C(c2cccc(C(F)(F)F)c2)C(C(=O)OC)=C1. The van der Waals surface area contributed by atoms with E-state index in [4.69, 9.17) is 9.47 Å². The maximum absolute atomic E-state index is 13.1. The summed E-state index contributed by atoms with van der Waals surface area (Å²) in [6, 6.07) is 4.52. The zero-order chi connectivity index (χ0) is 20.2. The van der Waals surface area contributed by atoms with Gasteiger partial charge in [-0.25, -0.2) is 9.59 Å². The summed E-state index contributed by atoms with van der Waals surface area (Å²) in [5, 5.41) is 0. The highest BCUT2D eigenvalue weighted by molar-refractivity contribution is 5.98. The van der Waals surface area contributed by atoms with E-state index >= 15 is 0 Å². The second-order valence-corrected chi connectivity index (χ2v) is 5.95. The fourth-order valence-corrected chi connectivity index (χ4v) is 2.93. The van der Waals surface area contributed by atoms with Gasteiger partial charge in [0.25, 0.3) is 0 Å². The molecule has 27 heavy (non-hydrogen) atoms. The maximum atomic E-state index is 13.1. The largest absolute Gasteiger partial charge is 0.466 e. The zero-order valence-corrected chi connectivity index (χ0v) is 15.2. The average molecular weight is 383 g/mol. The Bertz CT molecular complexity index is 749. The Hall–Kier alpha value is -2.77. The molecule has 0 saturated carbocycles. The second-order valence-electron chi connectivity index (χ2n) is 5.95. The molecule has 0 unspecified atom stereocenters. The minimum atomic E-state index is -4.55. The van der Waals surface area contributed by atoms with Crippen LogP contribution in [0.3, 0.4) is 0 Å². The zero-order valence-electron chi connectivity index (χ0n) is 15.2. The van der Waals surface area contributed by atoms with Gasteiger partial charge in [-0.15, -0.1) is 0 Å². The lowest BCUT2D eigenvalue weighted by molar-refractivity contribution is -0.138. The molecule has 0 aliphatic carbocycles. The molecule has 146 valence electrons. The van der Waals surface area contributed by atoms with E-state index in [1.165, 1.54) is 38.8 Å². The van der Waals surface area contributed by atoms with Gasteiger partial charge < -0.3 is 14.4 Å². The predicted molar refractivity (Wildman–Crippen MR) is 91.4 cm³/mol. The number of alkyl halides is 3. The highest BCUT2D eigenvalue weighted by Crippen LogP contribution is 2.39. The number of esters is 2. The van der Waals surface area contributed by atoms with Crippen LogP contribution in [0.15, 0.2) is 47.8 Å². The van der Waals surface area contributed by atoms with E-state index in [1.807, 2.05) is 6.92 Å². The Balaban J connectivity index is 2.63. The number of halogens is 3. The molecule has 8 heteroatoms. The molecular formula is C19H20F3NO4. The molecule has 0 aromatic heterocycles. The van der Waals surface area contributed by atoms with Crippen LogP contribution < -0.4 is 0 Å². The first-order valence-electron chi connectivity index (χ1n) is 8.25. The summed E-state index contributed by atoms with van der Waals surface area (Å²) >= 11 is 0. The molecule has 1 heterocycles. The molecule has 0 N–H and O–H groups in total. The predicted octanol–water partition coefficient (Wildman–Crippen LogP) is 3.63. The maximum Gasteiger partial charge on any atom is 0.416 e. The molecule has 0 saturated heterocycles. The number of rotatable bonds is 5. The fraction of sp³-hybridized carbons (Fsp3) is 0.368. The molecule has 0 bridgehead atoms. The minimum absolute atomic E-state index is 0.0631. The van der Waals surface area contributed by atoms with E-state index in [0.717, 1.165) is 18.6 Å². The summed E-state index contributed by atoms with van der Waals surface area (Å²) in [5.41, 5.74) is -0.597. The molecule has 1 aromatic rings. The molecule has 1 aliphatic heterocycles. The van der Waals surface area contributed by atoms with Crippen LogP contribution in [0, 0.1) is 0 Å². The monoisotopic (exact) mass is 383 g/mol. The quantitative estimate of drug-likeness (QED) is 0.727. The van der Waals surface area contributed by atoms with E-state index < -0.39 is 29.6 Å². The van der Waals surface area contributed by atoms with Crippen LogP contribution in [0.25, 0.3) is 0 Å². The van der Waals surface area contributed by atoms with E-state index in [0.29, 0.717) is 6.54 Å². The molecule has 2 rings (SSSR count). The van der Waals surface area contributed by atoms with Crippen LogP contribution in [0.1, 0.15) is 30.4 Å². The lowest BCUT2D eigenvalue weighted by Gasteiger charge is -2.30. The van der Waals surface area contributed by atoms with Gasteiger partial charge >= 0.3 is 18.1 Å². The smallest absolute Gasteiger partial charge is 0.416 e.